The van der Waals surface area contributed by atoms with Crippen LogP contribution in [0.4, 0.5) is 0 Å². The third-order valence-electron chi connectivity index (χ3n) is 5.88. The molecule has 3 heteroatoms. The van der Waals surface area contributed by atoms with Gasteiger partial charge in [0.2, 0.25) is 0 Å². The monoisotopic (exact) mass is 562 g/mol. The maximum Gasteiger partial charge on any atom is 0.109 e. The molecule has 0 saturated heterocycles. The molecule has 0 N–H and O–H groups in total. The first-order chi connectivity index (χ1) is 16.3. The van der Waals surface area contributed by atoms with Crippen molar-refractivity contribution in [2.75, 3.05) is 10.7 Å². The minimum absolute atomic E-state index is 0.177. The Bertz CT molecular complexity index is 1040. The molecule has 0 aliphatic carbocycles. The summed E-state index contributed by atoms with van der Waals surface area (Å²) in [5, 5.41) is 1.84. The molecule has 0 heterocycles. The molecule has 0 aromatic heterocycles. The average molecular weight is 564 g/mol. The molecule has 2 atom stereocenters. The summed E-state index contributed by atoms with van der Waals surface area (Å²) in [5.74, 6) is 0. The number of hydrogen-bond donors (Lipinski definition) is 0. The third-order valence-corrected chi connectivity index (χ3v) is 6.67. The van der Waals surface area contributed by atoms with Crippen molar-refractivity contribution < 1.29 is 4.74 Å². The fraction of sp³-hybridized carbons (Fsp3) is 0.200. The van der Waals surface area contributed by atoms with Crippen molar-refractivity contribution in [1.82, 2.24) is 0 Å². The van der Waals surface area contributed by atoms with E-state index in [4.69, 9.17) is 4.74 Å². The number of halogens is 2. The van der Waals surface area contributed by atoms with E-state index < -0.39 is 0 Å². The molecule has 0 spiro atoms. The summed E-state index contributed by atoms with van der Waals surface area (Å²) in [4.78, 5) is 0. The fourth-order valence-corrected chi connectivity index (χ4v) is 5.15. The lowest BCUT2D eigenvalue weighted by molar-refractivity contribution is 0.0300. The maximum absolute atomic E-state index is 7.14. The number of hydrogen-bond acceptors (Lipinski definition) is 1. The van der Waals surface area contributed by atoms with Gasteiger partial charge in [-0.3, -0.25) is 0 Å². The van der Waals surface area contributed by atoms with Crippen LogP contribution >= 0.6 is 31.9 Å². The van der Waals surface area contributed by atoms with Crippen LogP contribution in [-0.4, -0.2) is 10.7 Å². The highest BCUT2D eigenvalue weighted by Crippen LogP contribution is 2.38. The summed E-state index contributed by atoms with van der Waals surface area (Å²) in [6.45, 7) is 0. The smallest absolute Gasteiger partial charge is 0.109 e. The lowest BCUT2D eigenvalue weighted by Crippen LogP contribution is -2.16. The first-order valence-electron chi connectivity index (χ1n) is 11.3. The molecule has 4 aromatic rings. The van der Waals surface area contributed by atoms with Gasteiger partial charge in [-0.25, -0.2) is 0 Å². The molecule has 0 amide bonds. The molecule has 168 valence electrons. The second kappa shape index (κ2) is 12.3. The van der Waals surface area contributed by atoms with E-state index in [0.717, 1.165) is 23.5 Å². The van der Waals surface area contributed by atoms with Crippen LogP contribution in [-0.2, 0) is 17.6 Å². The summed E-state index contributed by atoms with van der Waals surface area (Å²) < 4.78 is 7.14. The van der Waals surface area contributed by atoms with Crippen molar-refractivity contribution in [3.63, 3.8) is 0 Å². The van der Waals surface area contributed by atoms with Gasteiger partial charge in [-0.05, 0) is 46.2 Å². The molecular formula is C30H28Br2O. The van der Waals surface area contributed by atoms with Gasteiger partial charge < -0.3 is 4.74 Å². The van der Waals surface area contributed by atoms with E-state index in [1.165, 1.54) is 33.4 Å². The Morgan fingerprint density at radius 1 is 0.485 bits per heavy atom. The minimum atomic E-state index is -0.177. The highest BCUT2D eigenvalue weighted by atomic mass is 79.9. The van der Waals surface area contributed by atoms with Gasteiger partial charge in [0, 0.05) is 10.7 Å². The molecule has 2 unspecified atom stereocenters. The normalized spacial score (nSPS) is 12.9. The third kappa shape index (κ3) is 6.03. The van der Waals surface area contributed by atoms with Crippen LogP contribution in [0.25, 0.3) is 0 Å². The van der Waals surface area contributed by atoms with Gasteiger partial charge in [0.25, 0.3) is 0 Å². The largest absolute Gasteiger partial charge is 0.356 e. The van der Waals surface area contributed by atoms with Crippen LogP contribution in [0, 0.1) is 0 Å². The van der Waals surface area contributed by atoms with Gasteiger partial charge in [-0.2, -0.15) is 0 Å². The zero-order valence-electron chi connectivity index (χ0n) is 18.5. The molecule has 0 aliphatic heterocycles. The Morgan fingerprint density at radius 3 is 1.24 bits per heavy atom. The number of ether oxygens (including phenoxy) is 1. The minimum Gasteiger partial charge on any atom is -0.356 e. The molecule has 33 heavy (non-hydrogen) atoms. The number of benzene rings is 4. The van der Waals surface area contributed by atoms with Crippen molar-refractivity contribution in [3.8, 4) is 0 Å². The second-order valence-corrected chi connectivity index (χ2v) is 9.58. The second-order valence-electron chi connectivity index (χ2n) is 7.99. The van der Waals surface area contributed by atoms with Crippen molar-refractivity contribution in [2.45, 2.75) is 25.0 Å². The van der Waals surface area contributed by atoms with E-state index in [0.29, 0.717) is 0 Å². The lowest BCUT2D eigenvalue weighted by Gasteiger charge is -2.29. The van der Waals surface area contributed by atoms with Gasteiger partial charge >= 0.3 is 0 Å². The van der Waals surface area contributed by atoms with Gasteiger partial charge in [0.15, 0.2) is 0 Å². The number of aryl methyl sites for hydroxylation is 2. The van der Waals surface area contributed by atoms with Crippen LogP contribution in [0.3, 0.4) is 0 Å². The van der Waals surface area contributed by atoms with Crippen LogP contribution in [0.1, 0.15) is 45.6 Å². The Hall–Kier alpha value is -2.20. The predicted molar refractivity (Wildman–Crippen MR) is 146 cm³/mol. The Labute approximate surface area is 214 Å². The van der Waals surface area contributed by atoms with E-state index in [1.807, 2.05) is 0 Å². The summed E-state index contributed by atoms with van der Waals surface area (Å²) in [6, 6.07) is 38.5. The fourth-order valence-electron chi connectivity index (χ4n) is 4.29. The van der Waals surface area contributed by atoms with Crippen LogP contribution < -0.4 is 0 Å². The van der Waals surface area contributed by atoms with Crippen molar-refractivity contribution in [2.24, 2.45) is 0 Å². The number of rotatable bonds is 10. The van der Waals surface area contributed by atoms with Crippen molar-refractivity contribution >= 4 is 31.9 Å². The average Bonchev–Trinajstić information content (AvgIpc) is 2.87. The quantitative estimate of drug-likeness (QED) is 0.176. The lowest BCUT2D eigenvalue weighted by atomic mass is 9.92. The van der Waals surface area contributed by atoms with Crippen molar-refractivity contribution in [3.05, 3.63) is 143 Å². The van der Waals surface area contributed by atoms with Crippen LogP contribution in [0.15, 0.2) is 109 Å². The Morgan fingerprint density at radius 2 is 0.848 bits per heavy atom. The van der Waals surface area contributed by atoms with E-state index >= 15 is 0 Å². The number of alkyl halides is 2. The Kier molecular flexibility index (Phi) is 8.93. The highest BCUT2D eigenvalue weighted by molar-refractivity contribution is 9.09. The predicted octanol–water partition coefficient (Wildman–Crippen LogP) is 8.46. The standard InChI is InChI=1S/C30H28Br2O/c31-21-19-23-11-7-9-17-27(23)29(25-13-3-1-4-14-25)33-30(26-15-5-2-6-16-26)28-18-10-8-12-24(28)20-22-32/h1-18,29-30H,19-22H2. The van der Waals surface area contributed by atoms with Gasteiger partial charge in [-0.15, -0.1) is 0 Å². The highest BCUT2D eigenvalue weighted by Gasteiger charge is 2.26. The molecule has 0 fully saturated rings. The molecule has 0 saturated carbocycles. The zero-order chi connectivity index (χ0) is 22.9. The first kappa shape index (κ1) is 23.9. The summed E-state index contributed by atoms with van der Waals surface area (Å²) in [6.07, 6.45) is 1.56. The molecule has 4 aromatic carbocycles. The molecule has 4 rings (SSSR count). The first-order valence-corrected chi connectivity index (χ1v) is 13.6. The summed E-state index contributed by atoms with van der Waals surface area (Å²) >= 11 is 7.26. The molecule has 1 nitrogen and oxygen atoms in total. The van der Waals surface area contributed by atoms with Gasteiger partial charge in [-0.1, -0.05) is 141 Å². The zero-order valence-corrected chi connectivity index (χ0v) is 21.7. The topological polar surface area (TPSA) is 9.23 Å². The van der Waals surface area contributed by atoms with Gasteiger partial charge in [0.1, 0.15) is 12.2 Å². The van der Waals surface area contributed by atoms with E-state index in [9.17, 15) is 0 Å². The molecule has 0 bridgehead atoms. The van der Waals surface area contributed by atoms with E-state index in [1.54, 1.807) is 0 Å². The van der Waals surface area contributed by atoms with Crippen LogP contribution in [0.2, 0.25) is 0 Å². The SMILES string of the molecule is BrCCc1ccccc1C(OC(c1ccccc1)c1ccccc1CCBr)c1ccccc1. The van der Waals surface area contributed by atoms with Crippen LogP contribution in [0.5, 0.6) is 0 Å². The molecule has 0 radical (unpaired) electrons. The van der Waals surface area contributed by atoms with E-state index in [-0.39, 0.29) is 12.2 Å². The van der Waals surface area contributed by atoms with Crippen molar-refractivity contribution in [1.29, 1.82) is 0 Å². The van der Waals surface area contributed by atoms with Gasteiger partial charge in [0.05, 0.1) is 0 Å². The maximum atomic E-state index is 7.14. The Balaban J connectivity index is 1.84. The van der Waals surface area contributed by atoms with E-state index in [2.05, 4.69) is 141 Å². The molecular weight excluding hydrogens is 536 g/mol. The molecule has 0 aliphatic rings. The summed E-state index contributed by atoms with van der Waals surface area (Å²) in [7, 11) is 0. The summed E-state index contributed by atoms with van der Waals surface area (Å²) in [5.41, 5.74) is 7.40.